The molecule has 0 fully saturated rings. The Bertz CT molecular complexity index is 232. The minimum Gasteiger partial charge on any atom is -0.144 e. The zero-order valence-electron chi connectivity index (χ0n) is 5.45. The quantitative estimate of drug-likeness (QED) is 0.509. The molecule has 0 aromatic carbocycles. The van der Waals surface area contributed by atoms with E-state index in [1.165, 1.54) is 4.88 Å². The molecule has 0 N–H and O–H groups in total. The monoisotopic (exact) mass is 168 g/mol. The summed E-state index contributed by atoms with van der Waals surface area (Å²) in [5.41, 5.74) is 0. The summed E-state index contributed by atoms with van der Waals surface area (Å²) in [5.74, 6) is 0. The molecule has 10 heavy (non-hydrogen) atoms. The molecule has 0 radical (unpaired) electrons. The van der Waals surface area contributed by atoms with Gasteiger partial charge in [0, 0.05) is 4.88 Å². The van der Waals surface area contributed by atoms with E-state index in [1.807, 2.05) is 23.6 Å². The smallest absolute Gasteiger partial charge is 0.0270 e. The highest BCUT2D eigenvalue weighted by Crippen LogP contribution is 2.11. The van der Waals surface area contributed by atoms with Gasteiger partial charge in [-0.05, 0) is 28.5 Å². The fourth-order valence-corrected chi connectivity index (χ4v) is 1.26. The van der Waals surface area contributed by atoms with Gasteiger partial charge in [-0.3, -0.25) is 0 Å². The molecule has 0 bridgehead atoms. The molecule has 0 amide bonds. The first-order valence-electron chi connectivity index (χ1n) is 2.88. The lowest BCUT2D eigenvalue weighted by molar-refractivity contribution is 1.93. The molecular formula is C8H8S2. The molecule has 0 nitrogen and oxygen atoms in total. The van der Waals surface area contributed by atoms with Gasteiger partial charge in [0.25, 0.3) is 0 Å². The third-order valence-corrected chi connectivity index (χ3v) is 1.97. The molecule has 0 saturated heterocycles. The van der Waals surface area contributed by atoms with E-state index in [1.54, 1.807) is 11.3 Å². The van der Waals surface area contributed by atoms with Crippen molar-refractivity contribution in [3.63, 3.8) is 0 Å². The number of thiol groups is 1. The van der Waals surface area contributed by atoms with Gasteiger partial charge < -0.3 is 0 Å². The first-order chi connectivity index (χ1) is 4.79. The second-order valence-corrected chi connectivity index (χ2v) is 3.39. The van der Waals surface area contributed by atoms with Crippen LogP contribution >= 0.6 is 24.0 Å². The van der Waals surface area contributed by atoms with Crippen LogP contribution in [0.25, 0.3) is 6.08 Å². The van der Waals surface area contributed by atoms with E-state index in [9.17, 15) is 0 Å². The molecule has 0 atom stereocenters. The summed E-state index contributed by atoms with van der Waals surface area (Å²) in [6.45, 7) is 3.64. The molecule has 0 aliphatic heterocycles. The maximum absolute atomic E-state index is 4.03. The van der Waals surface area contributed by atoms with Crippen molar-refractivity contribution in [3.8, 4) is 0 Å². The van der Waals surface area contributed by atoms with E-state index in [2.05, 4.69) is 25.3 Å². The van der Waals surface area contributed by atoms with Crippen LogP contribution in [-0.2, 0) is 0 Å². The van der Waals surface area contributed by atoms with Gasteiger partial charge in [0.1, 0.15) is 0 Å². The Morgan fingerprint density at radius 2 is 2.50 bits per heavy atom. The number of allylic oxidation sites excluding steroid dienone is 1. The zero-order chi connectivity index (χ0) is 7.40. The number of thiophene rings is 1. The van der Waals surface area contributed by atoms with Gasteiger partial charge in [-0.2, -0.15) is 0 Å². The lowest BCUT2D eigenvalue weighted by Gasteiger charge is -1.82. The molecule has 0 aliphatic carbocycles. The Morgan fingerprint density at radius 3 is 3.00 bits per heavy atom. The summed E-state index contributed by atoms with van der Waals surface area (Å²) in [5, 5.41) is 2.04. The van der Waals surface area contributed by atoms with Crippen LogP contribution in [0.4, 0.5) is 0 Å². The summed E-state index contributed by atoms with van der Waals surface area (Å²) >= 11 is 5.74. The van der Waals surface area contributed by atoms with Crippen LogP contribution in [0, 0.1) is 0 Å². The van der Waals surface area contributed by atoms with Crippen molar-refractivity contribution < 1.29 is 0 Å². The zero-order valence-corrected chi connectivity index (χ0v) is 7.16. The highest BCUT2D eigenvalue weighted by molar-refractivity contribution is 7.84. The van der Waals surface area contributed by atoms with Crippen LogP contribution in [0.2, 0.25) is 0 Å². The normalized spacial score (nSPS) is 10.5. The van der Waals surface area contributed by atoms with E-state index in [0.29, 0.717) is 0 Å². The van der Waals surface area contributed by atoms with Crippen molar-refractivity contribution in [2.45, 2.75) is 0 Å². The van der Waals surface area contributed by atoms with E-state index in [-0.39, 0.29) is 0 Å². The maximum Gasteiger partial charge on any atom is 0.0270 e. The van der Waals surface area contributed by atoms with E-state index >= 15 is 0 Å². The standard InChI is InChI=1S/C8H8S2/c1-7(9)4-5-8-3-2-6-10-8/h2-6,9H,1H2/b5-4+. The fourth-order valence-electron chi connectivity index (χ4n) is 0.564. The molecule has 1 heterocycles. The van der Waals surface area contributed by atoms with Crippen LogP contribution in [0.15, 0.2) is 35.1 Å². The van der Waals surface area contributed by atoms with Gasteiger partial charge in [-0.15, -0.1) is 24.0 Å². The maximum atomic E-state index is 4.03. The second-order valence-electron chi connectivity index (χ2n) is 1.84. The summed E-state index contributed by atoms with van der Waals surface area (Å²) in [6.07, 6.45) is 3.88. The van der Waals surface area contributed by atoms with Crippen molar-refractivity contribution in [2.75, 3.05) is 0 Å². The summed E-state index contributed by atoms with van der Waals surface area (Å²) in [4.78, 5) is 2.02. The Kier molecular flexibility index (Phi) is 2.78. The van der Waals surface area contributed by atoms with Crippen molar-refractivity contribution in [1.29, 1.82) is 0 Å². The van der Waals surface area contributed by atoms with Gasteiger partial charge >= 0.3 is 0 Å². The summed E-state index contributed by atoms with van der Waals surface area (Å²) < 4.78 is 0. The largest absolute Gasteiger partial charge is 0.144 e. The molecule has 52 valence electrons. The van der Waals surface area contributed by atoms with Gasteiger partial charge in [0.05, 0.1) is 0 Å². The predicted molar refractivity (Wildman–Crippen MR) is 51.5 cm³/mol. The summed E-state index contributed by atoms with van der Waals surface area (Å²) in [6, 6.07) is 4.07. The van der Waals surface area contributed by atoms with Gasteiger partial charge in [0.15, 0.2) is 0 Å². The molecule has 1 aromatic heterocycles. The minimum absolute atomic E-state index is 0.786. The van der Waals surface area contributed by atoms with Crippen molar-refractivity contribution in [3.05, 3.63) is 40.0 Å². The Balaban J connectivity index is 2.64. The second kappa shape index (κ2) is 3.64. The van der Waals surface area contributed by atoms with Crippen LogP contribution < -0.4 is 0 Å². The lowest BCUT2D eigenvalue weighted by atomic mass is 10.4. The lowest BCUT2D eigenvalue weighted by Crippen LogP contribution is -1.57. The number of rotatable bonds is 2. The Morgan fingerprint density at radius 1 is 1.70 bits per heavy atom. The SMILES string of the molecule is C=C(S)/C=C/c1cccs1. The summed E-state index contributed by atoms with van der Waals surface area (Å²) in [7, 11) is 0. The molecule has 0 unspecified atom stereocenters. The van der Waals surface area contributed by atoms with Gasteiger partial charge in [0.2, 0.25) is 0 Å². The molecule has 0 spiro atoms. The first kappa shape index (κ1) is 7.63. The predicted octanol–water partition coefficient (Wildman–Crippen LogP) is 3.20. The minimum atomic E-state index is 0.786. The highest BCUT2D eigenvalue weighted by Gasteiger charge is 1.83. The third-order valence-electron chi connectivity index (χ3n) is 0.983. The topological polar surface area (TPSA) is 0 Å². The molecule has 0 saturated carbocycles. The molecule has 1 rings (SSSR count). The first-order valence-corrected chi connectivity index (χ1v) is 4.21. The molecule has 1 aromatic rings. The average molecular weight is 168 g/mol. The van der Waals surface area contributed by atoms with Gasteiger partial charge in [-0.25, -0.2) is 0 Å². The number of hydrogen-bond acceptors (Lipinski definition) is 2. The average Bonchev–Trinajstić information content (AvgIpc) is 2.34. The Labute approximate surface area is 70.3 Å². The number of hydrogen-bond donors (Lipinski definition) is 1. The van der Waals surface area contributed by atoms with Crippen molar-refractivity contribution in [2.24, 2.45) is 0 Å². The molecule has 2 heteroatoms. The van der Waals surface area contributed by atoms with E-state index in [4.69, 9.17) is 0 Å². The van der Waals surface area contributed by atoms with Gasteiger partial charge in [-0.1, -0.05) is 12.6 Å². The Hall–Kier alpha value is -0.470. The fraction of sp³-hybridized carbons (Fsp3) is 0. The van der Waals surface area contributed by atoms with Crippen LogP contribution in [0.5, 0.6) is 0 Å². The van der Waals surface area contributed by atoms with E-state index in [0.717, 1.165) is 4.91 Å². The third kappa shape index (κ3) is 2.42. The molecular weight excluding hydrogens is 160 g/mol. The van der Waals surface area contributed by atoms with Crippen molar-refractivity contribution in [1.82, 2.24) is 0 Å². The van der Waals surface area contributed by atoms with E-state index < -0.39 is 0 Å². The van der Waals surface area contributed by atoms with Crippen molar-refractivity contribution >= 4 is 30.0 Å². The molecule has 0 aliphatic rings. The van der Waals surface area contributed by atoms with Crippen LogP contribution in [-0.4, -0.2) is 0 Å². The van der Waals surface area contributed by atoms with Crippen LogP contribution in [0.1, 0.15) is 4.88 Å². The van der Waals surface area contributed by atoms with Crippen LogP contribution in [0.3, 0.4) is 0 Å². The highest BCUT2D eigenvalue weighted by atomic mass is 32.1.